The lowest BCUT2D eigenvalue weighted by Gasteiger charge is -2.35. The van der Waals surface area contributed by atoms with Crippen molar-refractivity contribution >= 4 is 5.91 Å². The molecule has 1 aliphatic heterocycles. The van der Waals surface area contributed by atoms with Crippen LogP contribution in [0.15, 0.2) is 30.3 Å². The lowest BCUT2D eigenvalue weighted by atomic mass is 9.90. The first kappa shape index (κ1) is 16.8. The van der Waals surface area contributed by atoms with E-state index in [4.69, 9.17) is 0 Å². The van der Waals surface area contributed by atoms with Gasteiger partial charge in [0.1, 0.15) is 0 Å². The summed E-state index contributed by atoms with van der Waals surface area (Å²) in [4.78, 5) is 13.5. The van der Waals surface area contributed by atoms with Crippen LogP contribution in [0.5, 0.6) is 0 Å². The molecule has 0 aliphatic carbocycles. The second-order valence-corrected chi connectivity index (χ2v) is 5.46. The molecule has 122 valence electrons. The number of aliphatic hydroxyl groups is 2. The van der Waals surface area contributed by atoms with Gasteiger partial charge < -0.3 is 15.1 Å². The highest BCUT2D eigenvalue weighted by Crippen LogP contribution is 2.32. The molecule has 4 nitrogen and oxygen atoms in total. The third kappa shape index (κ3) is 3.78. The zero-order chi connectivity index (χ0) is 16.3. The van der Waals surface area contributed by atoms with Gasteiger partial charge in [-0.1, -0.05) is 30.3 Å². The number of halogens is 3. The Balaban J connectivity index is 1.93. The standard InChI is InChI=1S/C15H18F3NO3/c16-15(17,18)13(21)11-6-8-19(9-7-11)14(22)12(20)10-4-2-1-3-5-10/h1-5,11-13,20-21H,6-9H2. The van der Waals surface area contributed by atoms with Crippen LogP contribution in [-0.2, 0) is 4.79 Å². The molecule has 0 aromatic heterocycles. The number of nitrogens with zero attached hydrogens (tertiary/aromatic N) is 1. The Morgan fingerprint density at radius 3 is 2.18 bits per heavy atom. The molecule has 0 spiro atoms. The Labute approximate surface area is 126 Å². The molecular formula is C15H18F3NO3. The highest BCUT2D eigenvalue weighted by molar-refractivity contribution is 5.82. The van der Waals surface area contributed by atoms with Crippen molar-refractivity contribution in [2.75, 3.05) is 13.1 Å². The minimum atomic E-state index is -4.64. The number of carbonyl (C=O) groups excluding carboxylic acids is 1. The van der Waals surface area contributed by atoms with Crippen molar-refractivity contribution < 1.29 is 28.2 Å². The van der Waals surface area contributed by atoms with Gasteiger partial charge in [0, 0.05) is 13.1 Å². The molecule has 0 radical (unpaired) electrons. The minimum absolute atomic E-state index is 0.0634. The van der Waals surface area contributed by atoms with Crippen LogP contribution in [0.1, 0.15) is 24.5 Å². The monoisotopic (exact) mass is 317 g/mol. The summed E-state index contributed by atoms with van der Waals surface area (Å²) in [6.07, 6.45) is -8.18. The second kappa shape index (κ2) is 6.66. The summed E-state index contributed by atoms with van der Waals surface area (Å²) in [7, 11) is 0. The van der Waals surface area contributed by atoms with Gasteiger partial charge in [-0.2, -0.15) is 13.2 Å². The number of likely N-dealkylation sites (tertiary alicyclic amines) is 1. The number of hydrogen-bond acceptors (Lipinski definition) is 3. The van der Waals surface area contributed by atoms with Gasteiger partial charge in [0.15, 0.2) is 12.2 Å². The van der Waals surface area contributed by atoms with Crippen LogP contribution in [0.4, 0.5) is 13.2 Å². The fourth-order valence-corrected chi connectivity index (χ4v) is 2.65. The molecule has 2 unspecified atom stereocenters. The van der Waals surface area contributed by atoms with Crippen molar-refractivity contribution in [2.45, 2.75) is 31.2 Å². The molecule has 1 saturated heterocycles. The van der Waals surface area contributed by atoms with Crippen LogP contribution in [0.3, 0.4) is 0 Å². The average molecular weight is 317 g/mol. The Bertz CT molecular complexity index is 499. The molecule has 2 atom stereocenters. The van der Waals surface area contributed by atoms with Crippen molar-refractivity contribution in [3.8, 4) is 0 Å². The summed E-state index contributed by atoms with van der Waals surface area (Å²) in [5, 5.41) is 19.3. The number of rotatable bonds is 3. The predicted octanol–water partition coefficient (Wildman–Crippen LogP) is 1.88. The summed E-state index contributed by atoms with van der Waals surface area (Å²) in [5.74, 6) is -1.43. The maximum absolute atomic E-state index is 12.5. The number of piperidine rings is 1. The van der Waals surface area contributed by atoms with Crippen LogP contribution >= 0.6 is 0 Å². The van der Waals surface area contributed by atoms with Crippen molar-refractivity contribution in [1.82, 2.24) is 4.90 Å². The van der Waals surface area contributed by atoms with Crippen molar-refractivity contribution in [1.29, 1.82) is 0 Å². The largest absolute Gasteiger partial charge is 0.414 e. The fraction of sp³-hybridized carbons (Fsp3) is 0.533. The lowest BCUT2D eigenvalue weighted by Crippen LogP contribution is -2.46. The molecule has 2 N–H and O–H groups in total. The molecular weight excluding hydrogens is 299 g/mol. The van der Waals surface area contributed by atoms with Gasteiger partial charge in [-0.3, -0.25) is 4.79 Å². The van der Waals surface area contributed by atoms with Crippen LogP contribution in [0, 0.1) is 5.92 Å². The van der Waals surface area contributed by atoms with E-state index in [9.17, 15) is 28.2 Å². The van der Waals surface area contributed by atoms with Crippen molar-refractivity contribution in [2.24, 2.45) is 5.92 Å². The van der Waals surface area contributed by atoms with Crippen LogP contribution in [-0.4, -0.2) is 46.4 Å². The molecule has 1 aromatic rings. The van der Waals surface area contributed by atoms with Gasteiger partial charge in [-0.25, -0.2) is 0 Å². The molecule has 7 heteroatoms. The van der Waals surface area contributed by atoms with E-state index in [-0.39, 0.29) is 25.9 Å². The molecule has 1 aliphatic rings. The average Bonchev–Trinajstić information content (AvgIpc) is 2.53. The van der Waals surface area contributed by atoms with Gasteiger partial charge in [0.25, 0.3) is 5.91 Å². The van der Waals surface area contributed by atoms with E-state index < -0.39 is 30.2 Å². The third-order valence-corrected chi connectivity index (χ3v) is 3.98. The topological polar surface area (TPSA) is 60.8 Å². The highest BCUT2D eigenvalue weighted by Gasteiger charge is 2.44. The number of benzene rings is 1. The first-order valence-electron chi connectivity index (χ1n) is 7.07. The van der Waals surface area contributed by atoms with Crippen molar-refractivity contribution in [3.63, 3.8) is 0 Å². The van der Waals surface area contributed by atoms with E-state index in [0.29, 0.717) is 5.56 Å². The molecule has 1 aromatic carbocycles. The molecule has 0 saturated carbocycles. The highest BCUT2D eigenvalue weighted by atomic mass is 19.4. The van der Waals surface area contributed by atoms with Gasteiger partial charge in [0.05, 0.1) is 0 Å². The number of hydrogen-bond donors (Lipinski definition) is 2. The van der Waals surface area contributed by atoms with E-state index >= 15 is 0 Å². The van der Waals surface area contributed by atoms with Crippen LogP contribution in [0.25, 0.3) is 0 Å². The second-order valence-electron chi connectivity index (χ2n) is 5.46. The maximum atomic E-state index is 12.5. The first-order valence-corrected chi connectivity index (χ1v) is 7.07. The summed E-state index contributed by atoms with van der Waals surface area (Å²) in [6.45, 7) is 0.196. The predicted molar refractivity (Wildman–Crippen MR) is 72.8 cm³/mol. The zero-order valence-electron chi connectivity index (χ0n) is 11.8. The number of aliphatic hydroxyl groups excluding tert-OH is 2. The molecule has 1 amide bonds. The van der Waals surface area contributed by atoms with Gasteiger partial charge in [0.2, 0.25) is 0 Å². The summed E-state index contributed by atoms with van der Waals surface area (Å²) >= 11 is 0. The molecule has 0 bridgehead atoms. The fourth-order valence-electron chi connectivity index (χ4n) is 2.65. The Morgan fingerprint density at radius 1 is 1.14 bits per heavy atom. The van der Waals surface area contributed by atoms with E-state index in [1.165, 1.54) is 4.90 Å². The van der Waals surface area contributed by atoms with Gasteiger partial charge in [-0.05, 0) is 24.3 Å². The zero-order valence-corrected chi connectivity index (χ0v) is 11.8. The molecule has 22 heavy (non-hydrogen) atoms. The number of carbonyl (C=O) groups is 1. The van der Waals surface area contributed by atoms with E-state index in [0.717, 1.165) is 0 Å². The smallest absolute Gasteiger partial charge is 0.383 e. The Morgan fingerprint density at radius 2 is 1.68 bits per heavy atom. The van der Waals surface area contributed by atoms with Crippen LogP contribution in [0.2, 0.25) is 0 Å². The summed E-state index contributed by atoms with van der Waals surface area (Å²) in [6, 6.07) is 8.37. The molecule has 1 heterocycles. The van der Waals surface area contributed by atoms with E-state index in [1.807, 2.05) is 0 Å². The summed E-state index contributed by atoms with van der Waals surface area (Å²) < 4.78 is 37.4. The molecule has 1 fully saturated rings. The number of amides is 1. The normalized spacial score (nSPS) is 19.8. The molecule has 2 rings (SSSR count). The minimum Gasteiger partial charge on any atom is -0.383 e. The maximum Gasteiger partial charge on any atom is 0.414 e. The Hall–Kier alpha value is -1.60. The summed E-state index contributed by atoms with van der Waals surface area (Å²) in [5.41, 5.74) is 0.449. The number of alkyl halides is 3. The SMILES string of the molecule is O=C(C(O)c1ccccc1)N1CCC(C(O)C(F)(F)F)CC1. The third-order valence-electron chi connectivity index (χ3n) is 3.98. The Kier molecular flexibility index (Phi) is 5.08. The van der Waals surface area contributed by atoms with Crippen molar-refractivity contribution in [3.05, 3.63) is 35.9 Å². The lowest BCUT2D eigenvalue weighted by molar-refractivity contribution is -0.223. The van der Waals surface area contributed by atoms with Crippen LogP contribution < -0.4 is 0 Å². The first-order chi connectivity index (χ1) is 10.3. The van der Waals surface area contributed by atoms with E-state index in [2.05, 4.69) is 0 Å². The van der Waals surface area contributed by atoms with Gasteiger partial charge in [-0.15, -0.1) is 0 Å². The van der Waals surface area contributed by atoms with Gasteiger partial charge >= 0.3 is 6.18 Å². The van der Waals surface area contributed by atoms with E-state index in [1.54, 1.807) is 30.3 Å². The quantitative estimate of drug-likeness (QED) is 0.895.